The maximum atomic E-state index is 5.87. The number of hydrogen-bond acceptors (Lipinski definition) is 4. The monoisotopic (exact) mass is 267 g/mol. The van der Waals surface area contributed by atoms with E-state index < -0.39 is 0 Å². The number of nitrogens with zero attached hydrogens (tertiary/aromatic N) is 3. The molecular formula is C16H17N3O. The van der Waals surface area contributed by atoms with Gasteiger partial charge in [-0.2, -0.15) is 0 Å². The zero-order valence-corrected chi connectivity index (χ0v) is 11.7. The topological polar surface area (TPSA) is 42.2 Å². The molecule has 0 amide bonds. The Morgan fingerprint density at radius 1 is 1.05 bits per heavy atom. The lowest BCUT2D eigenvalue weighted by atomic mass is 10.2. The average Bonchev–Trinajstić information content (AvgIpc) is 2.93. The van der Waals surface area contributed by atoms with Crippen LogP contribution in [-0.4, -0.2) is 23.1 Å². The second-order valence-corrected chi connectivity index (χ2v) is 4.58. The van der Waals surface area contributed by atoms with Crippen molar-refractivity contribution in [2.45, 2.75) is 13.8 Å². The fourth-order valence-electron chi connectivity index (χ4n) is 2.32. The van der Waals surface area contributed by atoms with Crippen LogP contribution in [0.25, 0.3) is 22.6 Å². The number of benzene rings is 1. The minimum atomic E-state index is 0.638. The summed E-state index contributed by atoms with van der Waals surface area (Å²) in [6.07, 6.45) is 3.48. The van der Waals surface area contributed by atoms with Crippen molar-refractivity contribution in [3.05, 3.63) is 42.7 Å². The summed E-state index contributed by atoms with van der Waals surface area (Å²) in [5.41, 5.74) is 3.81. The normalized spacial score (nSPS) is 10.9. The molecule has 2 heterocycles. The third-order valence-corrected chi connectivity index (χ3v) is 3.43. The van der Waals surface area contributed by atoms with E-state index in [-0.39, 0.29) is 0 Å². The highest BCUT2D eigenvalue weighted by molar-refractivity contribution is 5.80. The van der Waals surface area contributed by atoms with E-state index in [9.17, 15) is 0 Å². The fourth-order valence-corrected chi connectivity index (χ4v) is 2.32. The first kappa shape index (κ1) is 12.7. The highest BCUT2D eigenvalue weighted by Gasteiger charge is 2.10. The molecule has 0 atom stereocenters. The molecule has 0 radical (unpaired) electrons. The summed E-state index contributed by atoms with van der Waals surface area (Å²) in [7, 11) is 0. The van der Waals surface area contributed by atoms with Gasteiger partial charge in [0.1, 0.15) is 5.52 Å². The molecule has 0 N–H and O–H groups in total. The van der Waals surface area contributed by atoms with E-state index in [1.807, 2.05) is 18.2 Å². The van der Waals surface area contributed by atoms with Crippen LogP contribution >= 0.6 is 0 Å². The minimum absolute atomic E-state index is 0.638. The van der Waals surface area contributed by atoms with E-state index in [1.165, 1.54) is 5.69 Å². The molecule has 3 rings (SSSR count). The maximum Gasteiger partial charge on any atom is 0.227 e. The number of aromatic nitrogens is 2. The molecular weight excluding hydrogens is 250 g/mol. The van der Waals surface area contributed by atoms with Crippen LogP contribution in [0.5, 0.6) is 0 Å². The molecule has 0 saturated heterocycles. The minimum Gasteiger partial charge on any atom is -0.436 e. The van der Waals surface area contributed by atoms with Gasteiger partial charge in [0.2, 0.25) is 5.89 Å². The molecule has 0 bridgehead atoms. The van der Waals surface area contributed by atoms with Gasteiger partial charge in [-0.3, -0.25) is 4.98 Å². The van der Waals surface area contributed by atoms with Crippen LogP contribution < -0.4 is 4.90 Å². The van der Waals surface area contributed by atoms with E-state index in [0.29, 0.717) is 5.89 Å². The first-order valence-electron chi connectivity index (χ1n) is 6.87. The Hall–Kier alpha value is -2.36. The largest absolute Gasteiger partial charge is 0.436 e. The number of rotatable bonds is 4. The molecule has 0 aliphatic rings. The molecule has 20 heavy (non-hydrogen) atoms. The van der Waals surface area contributed by atoms with Gasteiger partial charge in [-0.05, 0) is 38.1 Å². The first-order chi connectivity index (χ1) is 9.81. The lowest BCUT2D eigenvalue weighted by molar-refractivity contribution is 0.619. The van der Waals surface area contributed by atoms with E-state index >= 15 is 0 Å². The van der Waals surface area contributed by atoms with Crippen LogP contribution in [0.4, 0.5) is 5.69 Å². The molecule has 1 aromatic carbocycles. The molecule has 102 valence electrons. The van der Waals surface area contributed by atoms with Gasteiger partial charge in [0, 0.05) is 42.8 Å². The van der Waals surface area contributed by atoms with Crippen LogP contribution in [0.3, 0.4) is 0 Å². The number of fused-ring (bicyclic) bond motifs is 1. The summed E-state index contributed by atoms with van der Waals surface area (Å²) in [4.78, 5) is 10.8. The second kappa shape index (κ2) is 5.33. The van der Waals surface area contributed by atoms with Gasteiger partial charge in [-0.15, -0.1) is 0 Å². The Balaban J connectivity index is 2.04. The van der Waals surface area contributed by atoms with Crippen molar-refractivity contribution < 1.29 is 4.42 Å². The molecule has 0 aliphatic heterocycles. The molecule has 0 spiro atoms. The quantitative estimate of drug-likeness (QED) is 0.722. The molecule has 4 heteroatoms. The van der Waals surface area contributed by atoms with Crippen molar-refractivity contribution >= 4 is 16.8 Å². The van der Waals surface area contributed by atoms with Gasteiger partial charge >= 0.3 is 0 Å². The highest BCUT2D eigenvalue weighted by Crippen LogP contribution is 2.27. The predicted molar refractivity (Wildman–Crippen MR) is 80.8 cm³/mol. The summed E-state index contributed by atoms with van der Waals surface area (Å²) in [6.45, 7) is 6.26. The van der Waals surface area contributed by atoms with Gasteiger partial charge in [0.05, 0.1) is 0 Å². The maximum absolute atomic E-state index is 5.87. The molecule has 0 unspecified atom stereocenters. The molecule has 4 nitrogen and oxygen atoms in total. The first-order valence-corrected chi connectivity index (χ1v) is 6.87. The van der Waals surface area contributed by atoms with Gasteiger partial charge in [0.25, 0.3) is 0 Å². The number of hydrogen-bond donors (Lipinski definition) is 0. The molecule has 0 fully saturated rings. The number of pyridine rings is 1. The Kier molecular flexibility index (Phi) is 3.37. The average molecular weight is 267 g/mol. The zero-order chi connectivity index (χ0) is 13.9. The van der Waals surface area contributed by atoms with Crippen LogP contribution in [0.2, 0.25) is 0 Å². The van der Waals surface area contributed by atoms with Crippen molar-refractivity contribution in [2.75, 3.05) is 18.0 Å². The summed E-state index contributed by atoms with van der Waals surface area (Å²) in [5.74, 6) is 0.638. The van der Waals surface area contributed by atoms with Crippen molar-refractivity contribution in [3.8, 4) is 11.5 Å². The number of oxazole rings is 1. The Morgan fingerprint density at radius 3 is 2.50 bits per heavy atom. The van der Waals surface area contributed by atoms with E-state index in [0.717, 1.165) is 29.8 Å². The van der Waals surface area contributed by atoms with Crippen LogP contribution in [0.1, 0.15) is 13.8 Å². The molecule has 0 saturated carbocycles. The SMILES string of the molecule is CCN(CC)c1ccc2nc(-c3ccncc3)oc2c1. The van der Waals surface area contributed by atoms with Gasteiger partial charge in [-0.1, -0.05) is 0 Å². The van der Waals surface area contributed by atoms with Crippen LogP contribution in [0.15, 0.2) is 47.1 Å². The van der Waals surface area contributed by atoms with Gasteiger partial charge in [-0.25, -0.2) is 4.98 Å². The lowest BCUT2D eigenvalue weighted by Crippen LogP contribution is -2.21. The Labute approximate surface area is 118 Å². The lowest BCUT2D eigenvalue weighted by Gasteiger charge is -2.20. The Morgan fingerprint density at radius 2 is 1.80 bits per heavy atom. The van der Waals surface area contributed by atoms with Crippen molar-refractivity contribution in [1.82, 2.24) is 9.97 Å². The van der Waals surface area contributed by atoms with Crippen molar-refractivity contribution in [2.24, 2.45) is 0 Å². The smallest absolute Gasteiger partial charge is 0.227 e. The fraction of sp³-hybridized carbons (Fsp3) is 0.250. The van der Waals surface area contributed by atoms with Crippen LogP contribution in [-0.2, 0) is 0 Å². The van der Waals surface area contributed by atoms with Crippen molar-refractivity contribution in [3.63, 3.8) is 0 Å². The summed E-state index contributed by atoms with van der Waals surface area (Å²) >= 11 is 0. The van der Waals surface area contributed by atoms with Gasteiger partial charge < -0.3 is 9.32 Å². The second-order valence-electron chi connectivity index (χ2n) is 4.58. The molecule has 2 aromatic heterocycles. The van der Waals surface area contributed by atoms with E-state index in [2.05, 4.69) is 40.8 Å². The summed E-state index contributed by atoms with van der Waals surface area (Å²) in [5, 5.41) is 0. The highest BCUT2D eigenvalue weighted by atomic mass is 16.3. The third kappa shape index (κ3) is 2.25. The molecule has 3 aromatic rings. The van der Waals surface area contributed by atoms with Crippen molar-refractivity contribution in [1.29, 1.82) is 0 Å². The molecule has 0 aliphatic carbocycles. The zero-order valence-electron chi connectivity index (χ0n) is 11.7. The predicted octanol–water partition coefficient (Wildman–Crippen LogP) is 3.74. The summed E-state index contributed by atoms with van der Waals surface area (Å²) < 4.78 is 5.87. The van der Waals surface area contributed by atoms with Gasteiger partial charge in [0.15, 0.2) is 5.58 Å². The Bertz CT molecular complexity index is 702. The summed E-state index contributed by atoms with van der Waals surface area (Å²) in [6, 6.07) is 9.96. The van der Waals surface area contributed by atoms with E-state index in [4.69, 9.17) is 4.42 Å². The third-order valence-electron chi connectivity index (χ3n) is 3.43. The standard InChI is InChI=1S/C16H17N3O/c1-3-19(4-2)13-5-6-14-15(11-13)20-16(18-14)12-7-9-17-10-8-12/h5-11H,3-4H2,1-2H3. The van der Waals surface area contributed by atoms with E-state index in [1.54, 1.807) is 12.4 Å². The van der Waals surface area contributed by atoms with Crippen LogP contribution in [0, 0.1) is 0 Å². The number of anilines is 1.